The molecule has 1 amide bonds. The molecule has 0 radical (unpaired) electrons. The molecular formula is C16H15N3O2S. The summed E-state index contributed by atoms with van der Waals surface area (Å²) in [5.41, 5.74) is 1.80. The number of nitrogens with one attached hydrogen (secondary N) is 1. The predicted molar refractivity (Wildman–Crippen MR) is 87.4 cm³/mol. The number of aryl methyl sites for hydroxylation is 1. The van der Waals surface area contributed by atoms with Crippen LogP contribution in [0.3, 0.4) is 0 Å². The fraction of sp³-hybridized carbons (Fsp3) is 0.188. The second-order valence-corrected chi connectivity index (χ2v) is 6.01. The molecule has 5 nitrogen and oxygen atoms in total. The van der Waals surface area contributed by atoms with Crippen molar-refractivity contribution in [2.24, 2.45) is 0 Å². The van der Waals surface area contributed by atoms with Gasteiger partial charge in [-0.15, -0.1) is 0 Å². The summed E-state index contributed by atoms with van der Waals surface area (Å²) in [6.07, 6.45) is 1.61. The molecule has 0 bridgehead atoms. The van der Waals surface area contributed by atoms with Crippen molar-refractivity contribution in [3.05, 3.63) is 64.1 Å². The van der Waals surface area contributed by atoms with Crippen LogP contribution >= 0.6 is 11.5 Å². The van der Waals surface area contributed by atoms with Gasteiger partial charge in [0.25, 0.3) is 5.56 Å². The molecule has 6 heteroatoms. The molecule has 1 atom stereocenters. The Balaban J connectivity index is 1.89. The zero-order chi connectivity index (χ0) is 15.7. The van der Waals surface area contributed by atoms with Crippen molar-refractivity contribution in [2.75, 3.05) is 0 Å². The van der Waals surface area contributed by atoms with E-state index >= 15 is 0 Å². The number of hydrogen-bond donors (Lipinski definition) is 1. The number of hydrogen-bond acceptors (Lipinski definition) is 4. The molecule has 0 aliphatic heterocycles. The normalized spacial score (nSPS) is 12.3. The summed E-state index contributed by atoms with van der Waals surface area (Å²) in [4.78, 5) is 29.3. The summed E-state index contributed by atoms with van der Waals surface area (Å²) in [7, 11) is 0. The van der Waals surface area contributed by atoms with Crippen molar-refractivity contribution in [3.63, 3.8) is 0 Å². The minimum atomic E-state index is -0.427. The predicted octanol–water partition coefficient (Wildman–Crippen LogP) is 3.09. The Labute approximate surface area is 131 Å². The second kappa shape index (κ2) is 5.73. The number of amides is 1. The van der Waals surface area contributed by atoms with Crippen molar-refractivity contribution in [2.45, 2.75) is 19.9 Å². The molecule has 2 aromatic heterocycles. The third-order valence-electron chi connectivity index (χ3n) is 3.54. The third-order valence-corrected chi connectivity index (χ3v) is 4.56. The quantitative estimate of drug-likeness (QED) is 0.790. The molecule has 22 heavy (non-hydrogen) atoms. The van der Waals surface area contributed by atoms with Crippen molar-refractivity contribution in [1.82, 2.24) is 14.3 Å². The van der Waals surface area contributed by atoms with Gasteiger partial charge in [0.1, 0.15) is 4.83 Å². The first-order chi connectivity index (χ1) is 10.6. The molecule has 2 heterocycles. The van der Waals surface area contributed by atoms with Crippen LogP contribution in [0.1, 0.15) is 24.1 Å². The van der Waals surface area contributed by atoms with Crippen LogP contribution in [0, 0.1) is 6.92 Å². The lowest BCUT2D eigenvalue weighted by Gasteiger charge is -2.16. The molecule has 0 fully saturated rings. The maximum atomic E-state index is 12.4. The van der Waals surface area contributed by atoms with Crippen LogP contribution in [0.2, 0.25) is 0 Å². The fourth-order valence-electron chi connectivity index (χ4n) is 2.39. The molecular weight excluding hydrogens is 298 g/mol. The van der Waals surface area contributed by atoms with Crippen LogP contribution in [0.15, 0.2) is 47.4 Å². The molecule has 1 aromatic carbocycles. The summed E-state index contributed by atoms with van der Waals surface area (Å²) in [5.74, 6) is 0. The number of fused-ring (bicyclic) bond motifs is 1. The van der Waals surface area contributed by atoms with Gasteiger partial charge in [0, 0.05) is 6.20 Å². The molecule has 0 saturated carbocycles. The van der Waals surface area contributed by atoms with Crippen LogP contribution in [0.25, 0.3) is 10.2 Å². The summed E-state index contributed by atoms with van der Waals surface area (Å²) in [5, 5.41) is 3.33. The van der Waals surface area contributed by atoms with Gasteiger partial charge in [-0.1, -0.05) is 24.3 Å². The van der Waals surface area contributed by atoms with E-state index in [1.54, 1.807) is 18.3 Å². The van der Waals surface area contributed by atoms with Gasteiger partial charge >= 0.3 is 6.03 Å². The first-order valence-electron chi connectivity index (χ1n) is 6.91. The highest BCUT2D eigenvalue weighted by Gasteiger charge is 2.17. The number of carbonyl (C=O) groups is 1. The van der Waals surface area contributed by atoms with E-state index in [1.807, 2.05) is 38.1 Å². The first kappa shape index (κ1) is 14.5. The lowest BCUT2D eigenvalue weighted by molar-refractivity contribution is 0.241. The number of aromatic nitrogens is 2. The SMILES string of the molecule is Cc1ccccc1[C@@H](C)NC(=O)n1sc2ncccc2c1=O. The number of benzene rings is 1. The maximum absolute atomic E-state index is 12.4. The highest BCUT2D eigenvalue weighted by Crippen LogP contribution is 2.18. The lowest BCUT2D eigenvalue weighted by Crippen LogP contribution is -2.34. The van der Waals surface area contributed by atoms with Gasteiger partial charge in [0.15, 0.2) is 0 Å². The average molecular weight is 313 g/mol. The molecule has 0 saturated heterocycles. The summed E-state index contributed by atoms with van der Waals surface area (Å²) >= 11 is 1.05. The van der Waals surface area contributed by atoms with E-state index in [2.05, 4.69) is 10.3 Å². The number of carbonyl (C=O) groups excluding carboxylic acids is 1. The van der Waals surface area contributed by atoms with Crippen LogP contribution in [0.4, 0.5) is 4.79 Å². The van der Waals surface area contributed by atoms with Gasteiger partial charge in [-0.05, 0) is 48.6 Å². The van der Waals surface area contributed by atoms with Gasteiger partial charge in [-0.25, -0.2) is 9.78 Å². The topological polar surface area (TPSA) is 64.0 Å². The van der Waals surface area contributed by atoms with Crippen LogP contribution < -0.4 is 10.9 Å². The van der Waals surface area contributed by atoms with Crippen molar-refractivity contribution in [3.8, 4) is 0 Å². The Morgan fingerprint density at radius 3 is 2.77 bits per heavy atom. The highest BCUT2D eigenvalue weighted by atomic mass is 32.1. The van der Waals surface area contributed by atoms with Gasteiger partial charge < -0.3 is 5.32 Å². The molecule has 3 rings (SSSR count). The van der Waals surface area contributed by atoms with E-state index in [0.29, 0.717) is 10.2 Å². The molecule has 3 aromatic rings. The van der Waals surface area contributed by atoms with Crippen LogP contribution in [0.5, 0.6) is 0 Å². The molecule has 0 aliphatic carbocycles. The molecule has 112 valence electrons. The second-order valence-electron chi connectivity index (χ2n) is 5.07. The standard InChI is InChI=1S/C16H15N3O2S/c1-10-6-3-4-7-12(10)11(2)18-16(21)19-15(20)13-8-5-9-17-14(13)22-19/h3-9,11H,1-2H3,(H,18,21)/t11-/m1/s1. The van der Waals surface area contributed by atoms with Gasteiger partial charge in [-0.3, -0.25) is 4.79 Å². The number of nitrogens with zero attached hydrogens (tertiary/aromatic N) is 2. The number of rotatable bonds is 2. The van der Waals surface area contributed by atoms with Gasteiger partial charge in [0.2, 0.25) is 0 Å². The monoisotopic (exact) mass is 313 g/mol. The largest absolute Gasteiger partial charge is 0.338 e. The molecule has 1 N–H and O–H groups in total. The maximum Gasteiger partial charge on any atom is 0.338 e. The fourth-order valence-corrected chi connectivity index (χ4v) is 3.24. The average Bonchev–Trinajstić information content (AvgIpc) is 2.85. The Kier molecular flexibility index (Phi) is 3.77. The van der Waals surface area contributed by atoms with E-state index in [4.69, 9.17) is 0 Å². The minimum absolute atomic E-state index is 0.182. The van der Waals surface area contributed by atoms with Crippen molar-refractivity contribution >= 4 is 27.8 Å². The summed E-state index contributed by atoms with van der Waals surface area (Å²) < 4.78 is 1.12. The minimum Gasteiger partial charge on any atom is -0.330 e. The third kappa shape index (κ3) is 2.53. The van der Waals surface area contributed by atoms with Gasteiger partial charge in [-0.2, -0.15) is 3.96 Å². The Bertz CT molecular complexity index is 898. The summed E-state index contributed by atoms with van der Waals surface area (Å²) in [6.45, 7) is 3.89. The Morgan fingerprint density at radius 1 is 1.27 bits per heavy atom. The molecule has 0 unspecified atom stereocenters. The molecule has 0 spiro atoms. The van der Waals surface area contributed by atoms with Crippen molar-refractivity contribution < 1.29 is 4.79 Å². The summed E-state index contributed by atoms with van der Waals surface area (Å²) in [6, 6.07) is 10.6. The highest BCUT2D eigenvalue weighted by molar-refractivity contribution is 7.14. The van der Waals surface area contributed by atoms with E-state index < -0.39 is 6.03 Å². The first-order valence-corrected chi connectivity index (χ1v) is 7.68. The van der Waals surface area contributed by atoms with Crippen LogP contribution in [-0.4, -0.2) is 15.0 Å². The van der Waals surface area contributed by atoms with E-state index in [9.17, 15) is 9.59 Å². The van der Waals surface area contributed by atoms with Crippen LogP contribution in [-0.2, 0) is 0 Å². The van der Waals surface area contributed by atoms with E-state index in [1.165, 1.54) is 0 Å². The van der Waals surface area contributed by atoms with E-state index in [0.717, 1.165) is 26.6 Å². The smallest absolute Gasteiger partial charge is 0.330 e. The zero-order valence-electron chi connectivity index (χ0n) is 12.2. The zero-order valence-corrected chi connectivity index (χ0v) is 13.1. The van der Waals surface area contributed by atoms with Gasteiger partial charge in [0.05, 0.1) is 11.4 Å². The lowest BCUT2D eigenvalue weighted by atomic mass is 10.0. The number of pyridine rings is 1. The van der Waals surface area contributed by atoms with E-state index in [-0.39, 0.29) is 11.6 Å². The Morgan fingerprint density at radius 2 is 2.05 bits per heavy atom. The Hall–Kier alpha value is -2.47. The van der Waals surface area contributed by atoms with Crippen molar-refractivity contribution in [1.29, 1.82) is 0 Å². The molecule has 0 aliphatic rings.